The molecule has 0 aliphatic heterocycles. The summed E-state index contributed by atoms with van der Waals surface area (Å²) in [5, 5.41) is 6.14. The van der Waals surface area contributed by atoms with E-state index in [4.69, 9.17) is 0 Å². The van der Waals surface area contributed by atoms with Crippen LogP contribution < -0.4 is 10.6 Å². The van der Waals surface area contributed by atoms with Crippen molar-refractivity contribution in [1.29, 1.82) is 0 Å². The molecule has 24 heavy (non-hydrogen) atoms. The van der Waals surface area contributed by atoms with Crippen LogP contribution in [0.2, 0.25) is 0 Å². The van der Waals surface area contributed by atoms with Crippen molar-refractivity contribution < 1.29 is 4.79 Å². The van der Waals surface area contributed by atoms with Gasteiger partial charge in [-0.05, 0) is 39.3 Å². The van der Waals surface area contributed by atoms with Crippen molar-refractivity contribution in [2.24, 2.45) is 4.99 Å². The molecule has 0 saturated carbocycles. The molecule has 1 amide bonds. The highest BCUT2D eigenvalue weighted by molar-refractivity contribution is 14.0. The van der Waals surface area contributed by atoms with E-state index in [0.29, 0.717) is 12.5 Å². The third-order valence-corrected chi connectivity index (χ3v) is 3.72. The first-order valence-corrected chi connectivity index (χ1v) is 8.56. The average molecular weight is 511 g/mol. The average Bonchev–Trinajstić information content (AvgIpc) is 2.44. The first-order chi connectivity index (χ1) is 10.7. The van der Waals surface area contributed by atoms with Gasteiger partial charge < -0.3 is 15.5 Å². The highest BCUT2D eigenvalue weighted by atomic mass is 127. The largest absolute Gasteiger partial charge is 0.357 e. The van der Waals surface area contributed by atoms with Crippen LogP contribution in [0.25, 0.3) is 0 Å². The maximum atomic E-state index is 11.9. The molecule has 0 atom stereocenters. The molecule has 0 aliphatic carbocycles. The second-order valence-electron chi connectivity index (χ2n) is 6.42. The molecule has 0 bridgehead atoms. The lowest BCUT2D eigenvalue weighted by atomic mass is 10.1. The molecule has 1 aromatic carbocycles. The second-order valence-corrected chi connectivity index (χ2v) is 7.27. The van der Waals surface area contributed by atoms with Gasteiger partial charge in [0.1, 0.15) is 6.54 Å². The van der Waals surface area contributed by atoms with Gasteiger partial charge in [-0.15, -0.1) is 24.0 Å². The summed E-state index contributed by atoms with van der Waals surface area (Å²) in [6.07, 6.45) is 0. The van der Waals surface area contributed by atoms with Gasteiger partial charge in [-0.2, -0.15) is 0 Å². The van der Waals surface area contributed by atoms with Crippen LogP contribution in [0, 0.1) is 0 Å². The van der Waals surface area contributed by atoms with Gasteiger partial charge in [0.05, 0.1) is 0 Å². The number of rotatable bonds is 5. The van der Waals surface area contributed by atoms with Crippen molar-refractivity contribution in [3.8, 4) is 0 Å². The Morgan fingerprint density at radius 3 is 2.46 bits per heavy atom. The molecule has 0 aromatic heterocycles. The summed E-state index contributed by atoms with van der Waals surface area (Å²) in [6.45, 7) is 9.45. The molecular weight excluding hydrogens is 483 g/mol. The predicted octanol–water partition coefficient (Wildman–Crippen LogP) is 3.38. The molecular formula is C17H28BrIN4O. The Hall–Kier alpha value is -0.830. The zero-order valence-corrected chi connectivity index (χ0v) is 18.9. The fourth-order valence-electron chi connectivity index (χ4n) is 2.03. The van der Waals surface area contributed by atoms with Gasteiger partial charge in [-0.3, -0.25) is 4.79 Å². The standard InChI is InChI=1S/C17H27BrN4O.HI/c1-6-19-16(20-11-15(23)21-17(2,3)4)22(5)12-13-9-7-8-10-14(13)18;/h7-10H,6,11-12H2,1-5H3,(H,19,20)(H,21,23);1H. The fraction of sp³-hybridized carbons (Fsp3) is 0.529. The molecule has 1 rings (SSSR count). The maximum absolute atomic E-state index is 11.9. The monoisotopic (exact) mass is 510 g/mol. The molecule has 1 aromatic rings. The number of hydrogen-bond donors (Lipinski definition) is 2. The summed E-state index contributed by atoms with van der Waals surface area (Å²) in [7, 11) is 1.96. The fourth-order valence-corrected chi connectivity index (χ4v) is 2.44. The van der Waals surface area contributed by atoms with Gasteiger partial charge >= 0.3 is 0 Å². The van der Waals surface area contributed by atoms with Crippen molar-refractivity contribution in [1.82, 2.24) is 15.5 Å². The molecule has 0 spiro atoms. The van der Waals surface area contributed by atoms with E-state index >= 15 is 0 Å². The first kappa shape index (κ1) is 23.2. The molecule has 0 aliphatic rings. The molecule has 2 N–H and O–H groups in total. The minimum absolute atomic E-state index is 0. The minimum Gasteiger partial charge on any atom is -0.357 e. The number of carbonyl (C=O) groups is 1. The van der Waals surface area contributed by atoms with Crippen LogP contribution >= 0.6 is 39.9 Å². The summed E-state index contributed by atoms with van der Waals surface area (Å²) in [4.78, 5) is 18.4. The number of nitrogens with one attached hydrogen (secondary N) is 2. The summed E-state index contributed by atoms with van der Waals surface area (Å²) in [5.41, 5.74) is 0.922. The SMILES string of the molecule is CCNC(=NCC(=O)NC(C)(C)C)N(C)Cc1ccccc1Br.I. The van der Waals surface area contributed by atoms with Crippen molar-refractivity contribution in [3.05, 3.63) is 34.3 Å². The normalized spacial score (nSPS) is 11.5. The predicted molar refractivity (Wildman–Crippen MR) is 115 cm³/mol. The van der Waals surface area contributed by atoms with E-state index in [1.54, 1.807) is 0 Å². The first-order valence-electron chi connectivity index (χ1n) is 7.77. The van der Waals surface area contributed by atoms with Gasteiger partial charge in [-0.25, -0.2) is 4.99 Å². The Bertz CT molecular complexity index is 558. The summed E-state index contributed by atoms with van der Waals surface area (Å²) in [5.74, 6) is 0.634. The molecule has 0 radical (unpaired) electrons. The molecule has 0 heterocycles. The number of nitrogens with zero attached hydrogens (tertiary/aromatic N) is 2. The number of guanidine groups is 1. The van der Waals surface area contributed by atoms with E-state index in [-0.39, 0.29) is 42.0 Å². The smallest absolute Gasteiger partial charge is 0.242 e. The van der Waals surface area contributed by atoms with Crippen LogP contribution in [0.3, 0.4) is 0 Å². The van der Waals surface area contributed by atoms with E-state index < -0.39 is 0 Å². The number of carbonyl (C=O) groups excluding carboxylic acids is 1. The van der Waals surface area contributed by atoms with Gasteiger partial charge in [0.25, 0.3) is 0 Å². The zero-order valence-electron chi connectivity index (χ0n) is 15.0. The number of amides is 1. The molecule has 0 unspecified atom stereocenters. The maximum Gasteiger partial charge on any atom is 0.242 e. The van der Waals surface area contributed by atoms with E-state index in [9.17, 15) is 4.79 Å². The van der Waals surface area contributed by atoms with Gasteiger partial charge in [-0.1, -0.05) is 34.1 Å². The lowest BCUT2D eigenvalue weighted by molar-refractivity contribution is -0.121. The summed E-state index contributed by atoms with van der Waals surface area (Å²) in [6, 6.07) is 8.08. The molecule has 7 heteroatoms. The van der Waals surface area contributed by atoms with E-state index in [1.807, 2.05) is 57.8 Å². The Balaban J connectivity index is 0.00000529. The van der Waals surface area contributed by atoms with Crippen molar-refractivity contribution in [3.63, 3.8) is 0 Å². The van der Waals surface area contributed by atoms with E-state index in [2.05, 4.69) is 37.6 Å². The number of benzene rings is 1. The van der Waals surface area contributed by atoms with Gasteiger partial charge in [0.2, 0.25) is 5.91 Å². The van der Waals surface area contributed by atoms with Crippen LogP contribution in [0.5, 0.6) is 0 Å². The van der Waals surface area contributed by atoms with Crippen LogP contribution in [-0.2, 0) is 11.3 Å². The van der Waals surface area contributed by atoms with Crippen molar-refractivity contribution in [2.75, 3.05) is 20.1 Å². The Kier molecular flexibility index (Phi) is 10.5. The van der Waals surface area contributed by atoms with Crippen molar-refractivity contribution in [2.45, 2.75) is 39.8 Å². The van der Waals surface area contributed by atoms with Crippen LogP contribution in [-0.4, -0.2) is 42.4 Å². The number of hydrogen-bond acceptors (Lipinski definition) is 2. The quantitative estimate of drug-likeness (QED) is 0.362. The minimum atomic E-state index is -0.244. The number of halogens is 2. The zero-order chi connectivity index (χ0) is 17.5. The summed E-state index contributed by atoms with van der Waals surface area (Å²) >= 11 is 3.56. The van der Waals surface area contributed by atoms with Gasteiger partial charge in [0.15, 0.2) is 5.96 Å². The third-order valence-electron chi connectivity index (χ3n) is 2.95. The van der Waals surface area contributed by atoms with E-state index in [0.717, 1.165) is 11.0 Å². The molecule has 0 fully saturated rings. The topological polar surface area (TPSA) is 56.7 Å². The molecule has 0 saturated heterocycles. The molecule has 136 valence electrons. The third kappa shape index (κ3) is 8.86. The highest BCUT2D eigenvalue weighted by Gasteiger charge is 2.14. The van der Waals surface area contributed by atoms with Gasteiger partial charge in [0, 0.05) is 30.1 Å². The van der Waals surface area contributed by atoms with Crippen LogP contribution in [0.4, 0.5) is 0 Å². The van der Waals surface area contributed by atoms with Crippen LogP contribution in [0.1, 0.15) is 33.3 Å². The lowest BCUT2D eigenvalue weighted by Gasteiger charge is -2.23. The highest BCUT2D eigenvalue weighted by Crippen LogP contribution is 2.17. The van der Waals surface area contributed by atoms with E-state index in [1.165, 1.54) is 5.56 Å². The van der Waals surface area contributed by atoms with Crippen LogP contribution in [0.15, 0.2) is 33.7 Å². The van der Waals surface area contributed by atoms with Crippen molar-refractivity contribution >= 4 is 51.8 Å². The lowest BCUT2D eigenvalue weighted by Crippen LogP contribution is -2.43. The second kappa shape index (κ2) is 10.9. The Morgan fingerprint density at radius 2 is 1.92 bits per heavy atom. The molecule has 5 nitrogen and oxygen atoms in total. The Labute approximate surface area is 170 Å². The Morgan fingerprint density at radius 1 is 1.29 bits per heavy atom. The number of aliphatic imine (C=N–C) groups is 1. The summed E-state index contributed by atoms with van der Waals surface area (Å²) < 4.78 is 1.06.